The van der Waals surface area contributed by atoms with Crippen molar-refractivity contribution in [3.05, 3.63) is 70.7 Å². The van der Waals surface area contributed by atoms with E-state index in [1.165, 1.54) is 46.4 Å². The van der Waals surface area contributed by atoms with Crippen molar-refractivity contribution in [3.8, 4) is 11.3 Å². The van der Waals surface area contributed by atoms with Gasteiger partial charge in [-0.05, 0) is 36.6 Å². The predicted molar refractivity (Wildman–Crippen MR) is 114 cm³/mol. The Hall–Kier alpha value is -3.25. The lowest BCUT2D eigenvalue weighted by atomic mass is 10.1. The minimum absolute atomic E-state index is 0.0365. The Morgan fingerprint density at radius 1 is 1.19 bits per heavy atom. The molecule has 1 unspecified atom stereocenters. The third-order valence-electron chi connectivity index (χ3n) is 4.74. The van der Waals surface area contributed by atoms with Gasteiger partial charge in [-0.3, -0.25) is 9.52 Å². The van der Waals surface area contributed by atoms with Crippen LogP contribution in [0.15, 0.2) is 60.2 Å². The van der Waals surface area contributed by atoms with Gasteiger partial charge in [0, 0.05) is 17.4 Å². The molecular formula is C20H15F3N4O3S2. The van der Waals surface area contributed by atoms with Crippen LogP contribution in [0.5, 0.6) is 0 Å². The molecule has 32 heavy (non-hydrogen) atoms. The molecule has 0 radical (unpaired) electrons. The van der Waals surface area contributed by atoms with Crippen molar-refractivity contribution >= 4 is 38.5 Å². The number of nitrogens with zero attached hydrogens (tertiary/aromatic N) is 3. The van der Waals surface area contributed by atoms with Crippen LogP contribution < -0.4 is 4.72 Å². The molecule has 7 nitrogen and oxygen atoms in total. The van der Waals surface area contributed by atoms with Crippen LogP contribution >= 0.6 is 11.3 Å². The van der Waals surface area contributed by atoms with Gasteiger partial charge >= 0.3 is 6.18 Å². The highest BCUT2D eigenvalue weighted by Gasteiger charge is 2.45. The van der Waals surface area contributed by atoms with E-state index in [0.717, 1.165) is 0 Å². The first-order chi connectivity index (χ1) is 15.1. The third-order valence-corrected chi connectivity index (χ3v) is 7.32. The number of sulfonamides is 1. The SMILES string of the molecule is CC(C(F)(F)F)S(=O)(=O)Nc1cccc(-c2ccnc3c(C(=O)c4cccs4)cnn23)c1. The van der Waals surface area contributed by atoms with Gasteiger partial charge in [0.1, 0.15) is 0 Å². The van der Waals surface area contributed by atoms with Crippen LogP contribution in [0.4, 0.5) is 18.9 Å². The zero-order chi connectivity index (χ0) is 23.1. The Bertz CT molecular complexity index is 1400. The maximum absolute atomic E-state index is 12.9. The molecule has 0 fully saturated rings. The highest BCUT2D eigenvalue weighted by Crippen LogP contribution is 2.29. The molecule has 0 bridgehead atoms. The average Bonchev–Trinajstić information content (AvgIpc) is 3.42. The summed E-state index contributed by atoms with van der Waals surface area (Å²) >= 11 is 1.29. The van der Waals surface area contributed by atoms with E-state index < -0.39 is 21.4 Å². The molecule has 0 aliphatic rings. The van der Waals surface area contributed by atoms with Gasteiger partial charge < -0.3 is 0 Å². The largest absolute Gasteiger partial charge is 0.407 e. The Labute approximate surface area is 184 Å². The number of hydrogen-bond donors (Lipinski definition) is 1. The summed E-state index contributed by atoms with van der Waals surface area (Å²) < 4.78 is 66.2. The fourth-order valence-electron chi connectivity index (χ4n) is 2.98. The van der Waals surface area contributed by atoms with Crippen LogP contribution in [0.1, 0.15) is 22.2 Å². The minimum atomic E-state index is -4.90. The highest BCUT2D eigenvalue weighted by molar-refractivity contribution is 7.93. The average molecular weight is 480 g/mol. The van der Waals surface area contributed by atoms with Crippen LogP contribution in [-0.2, 0) is 10.0 Å². The van der Waals surface area contributed by atoms with Gasteiger partial charge in [-0.25, -0.2) is 17.9 Å². The third kappa shape index (κ3) is 4.10. The molecule has 1 N–H and O–H groups in total. The summed E-state index contributed by atoms with van der Waals surface area (Å²) in [5.41, 5.74) is 1.51. The molecule has 0 spiro atoms. The molecule has 1 aromatic carbocycles. The number of fused-ring (bicyclic) bond motifs is 1. The Kier molecular flexibility index (Phi) is 5.51. The first kappa shape index (κ1) is 22.0. The summed E-state index contributed by atoms with van der Waals surface area (Å²) in [5, 5.41) is 3.44. The summed E-state index contributed by atoms with van der Waals surface area (Å²) in [4.78, 5) is 17.5. The zero-order valence-corrected chi connectivity index (χ0v) is 18.0. The zero-order valence-electron chi connectivity index (χ0n) is 16.4. The summed E-state index contributed by atoms with van der Waals surface area (Å²) in [6, 6.07) is 10.9. The Balaban J connectivity index is 1.71. The molecule has 4 aromatic rings. The van der Waals surface area contributed by atoms with Crippen LogP contribution in [0.2, 0.25) is 0 Å². The number of ketones is 1. The number of thiophene rings is 1. The molecule has 0 aliphatic heterocycles. The molecule has 3 aromatic heterocycles. The summed E-state index contributed by atoms with van der Waals surface area (Å²) in [6.45, 7) is 0.578. The lowest BCUT2D eigenvalue weighted by Gasteiger charge is -2.17. The fraction of sp³-hybridized carbons (Fsp3) is 0.150. The lowest BCUT2D eigenvalue weighted by Crippen LogP contribution is -2.37. The molecule has 3 heterocycles. The van der Waals surface area contributed by atoms with Crippen LogP contribution in [0.25, 0.3) is 16.9 Å². The predicted octanol–water partition coefficient (Wildman–Crippen LogP) is 4.38. The van der Waals surface area contributed by atoms with Crippen molar-refractivity contribution in [2.75, 3.05) is 4.72 Å². The monoisotopic (exact) mass is 480 g/mol. The van der Waals surface area contributed by atoms with Gasteiger partial charge in [-0.15, -0.1) is 11.3 Å². The highest BCUT2D eigenvalue weighted by atomic mass is 32.2. The molecule has 1 atom stereocenters. The van der Waals surface area contributed by atoms with Crippen molar-refractivity contribution in [2.45, 2.75) is 18.3 Å². The van der Waals surface area contributed by atoms with Crippen LogP contribution in [-0.4, -0.2) is 40.2 Å². The van der Waals surface area contributed by atoms with E-state index >= 15 is 0 Å². The van der Waals surface area contributed by atoms with E-state index in [1.54, 1.807) is 29.6 Å². The summed E-state index contributed by atoms with van der Waals surface area (Å²) in [7, 11) is -4.70. The quantitative estimate of drug-likeness (QED) is 0.414. The minimum Gasteiger partial charge on any atom is -0.287 e. The summed E-state index contributed by atoms with van der Waals surface area (Å²) in [5.74, 6) is -0.234. The first-order valence-electron chi connectivity index (χ1n) is 9.17. The molecule has 0 aliphatic carbocycles. The number of halogens is 3. The topological polar surface area (TPSA) is 93.4 Å². The van der Waals surface area contributed by atoms with E-state index in [1.807, 2.05) is 4.72 Å². The van der Waals surface area contributed by atoms with Gasteiger partial charge in [-0.2, -0.15) is 18.3 Å². The molecule has 0 saturated heterocycles. The number of nitrogens with one attached hydrogen (secondary N) is 1. The number of hydrogen-bond acceptors (Lipinski definition) is 6. The number of carbonyl (C=O) groups excluding carboxylic acids is 1. The second kappa shape index (κ2) is 8.02. The van der Waals surface area contributed by atoms with Gasteiger partial charge in [-0.1, -0.05) is 18.2 Å². The second-order valence-electron chi connectivity index (χ2n) is 6.84. The fourth-order valence-corrected chi connectivity index (χ4v) is 4.64. The van der Waals surface area contributed by atoms with Crippen molar-refractivity contribution in [2.24, 2.45) is 0 Å². The maximum atomic E-state index is 12.9. The number of alkyl halides is 3. The summed E-state index contributed by atoms with van der Waals surface area (Å²) in [6.07, 6.45) is -2.03. The van der Waals surface area contributed by atoms with Gasteiger partial charge in [0.25, 0.3) is 0 Å². The standard InChI is InChI=1S/C20H15F3N4O3S2/c1-12(20(21,22)23)32(29,30)26-14-5-2-4-13(10-14)16-7-8-24-19-15(11-25-27(16)19)18(28)17-6-3-9-31-17/h2-12,26H,1H3. The molecule has 166 valence electrons. The van der Waals surface area contributed by atoms with E-state index in [-0.39, 0.29) is 11.5 Å². The van der Waals surface area contributed by atoms with Gasteiger partial charge in [0.05, 0.1) is 22.3 Å². The molecular weight excluding hydrogens is 465 g/mol. The van der Waals surface area contributed by atoms with Crippen molar-refractivity contribution in [3.63, 3.8) is 0 Å². The molecule has 0 amide bonds. The second-order valence-corrected chi connectivity index (χ2v) is 9.79. The van der Waals surface area contributed by atoms with E-state index in [9.17, 15) is 26.4 Å². The van der Waals surface area contributed by atoms with Crippen molar-refractivity contribution in [1.82, 2.24) is 14.6 Å². The smallest absolute Gasteiger partial charge is 0.287 e. The lowest BCUT2D eigenvalue weighted by molar-refractivity contribution is -0.126. The van der Waals surface area contributed by atoms with E-state index in [2.05, 4.69) is 10.1 Å². The molecule has 4 rings (SSSR count). The first-order valence-corrected chi connectivity index (χ1v) is 11.6. The Morgan fingerprint density at radius 3 is 2.66 bits per heavy atom. The number of aromatic nitrogens is 3. The van der Waals surface area contributed by atoms with Gasteiger partial charge in [0.2, 0.25) is 15.8 Å². The van der Waals surface area contributed by atoms with Crippen molar-refractivity contribution < 1.29 is 26.4 Å². The number of benzene rings is 1. The van der Waals surface area contributed by atoms with Gasteiger partial charge in [0.15, 0.2) is 10.9 Å². The number of rotatable bonds is 6. The van der Waals surface area contributed by atoms with Crippen LogP contribution in [0.3, 0.4) is 0 Å². The number of anilines is 1. The van der Waals surface area contributed by atoms with E-state index in [4.69, 9.17) is 0 Å². The van der Waals surface area contributed by atoms with E-state index in [0.29, 0.717) is 34.3 Å². The number of carbonyl (C=O) groups is 1. The molecule has 12 heteroatoms. The Morgan fingerprint density at radius 2 is 1.97 bits per heavy atom. The van der Waals surface area contributed by atoms with Crippen molar-refractivity contribution in [1.29, 1.82) is 0 Å². The normalized spacial score (nSPS) is 13.2. The maximum Gasteiger partial charge on any atom is 0.407 e. The molecule has 0 saturated carbocycles. The van der Waals surface area contributed by atoms with Crippen LogP contribution in [0, 0.1) is 0 Å².